The molecule has 9 nitrogen and oxygen atoms in total. The molecule has 1 N–H and O–H groups in total. The first-order valence-electron chi connectivity index (χ1n) is 7.71. The predicted molar refractivity (Wildman–Crippen MR) is 95.2 cm³/mol. The van der Waals surface area contributed by atoms with Crippen molar-refractivity contribution in [3.05, 3.63) is 38.4 Å². The summed E-state index contributed by atoms with van der Waals surface area (Å²) in [5, 5.41) is 22.4. The zero-order valence-electron chi connectivity index (χ0n) is 14.2. The van der Waals surface area contributed by atoms with Gasteiger partial charge >= 0.3 is 5.69 Å². The molecule has 0 spiro atoms. The Morgan fingerprint density at radius 2 is 2.24 bits per heavy atom. The van der Waals surface area contributed by atoms with E-state index in [1.807, 2.05) is 6.92 Å². The number of nitrogens with one attached hydrogen (secondary N) is 1. The summed E-state index contributed by atoms with van der Waals surface area (Å²) < 4.78 is 12.4. The van der Waals surface area contributed by atoms with Gasteiger partial charge in [0.1, 0.15) is 0 Å². The predicted octanol–water partition coefficient (Wildman–Crippen LogP) is 3.09. The molecule has 0 aliphatic carbocycles. The van der Waals surface area contributed by atoms with Crippen LogP contribution in [0.1, 0.15) is 31.7 Å². The van der Waals surface area contributed by atoms with E-state index in [4.69, 9.17) is 21.7 Å². The van der Waals surface area contributed by atoms with Crippen LogP contribution >= 0.6 is 12.2 Å². The Hall–Kier alpha value is -2.75. The van der Waals surface area contributed by atoms with E-state index in [0.29, 0.717) is 29.2 Å². The Morgan fingerprint density at radius 1 is 1.48 bits per heavy atom. The van der Waals surface area contributed by atoms with Gasteiger partial charge in [-0.3, -0.25) is 15.2 Å². The third-order valence-corrected chi connectivity index (χ3v) is 3.54. The topological polar surface area (TPSA) is 108 Å². The molecule has 0 bridgehead atoms. The van der Waals surface area contributed by atoms with Crippen molar-refractivity contribution < 1.29 is 14.4 Å². The van der Waals surface area contributed by atoms with Gasteiger partial charge in [0.2, 0.25) is 10.5 Å². The number of H-pyrrole nitrogens is 1. The first-order chi connectivity index (χ1) is 12.0. The van der Waals surface area contributed by atoms with Crippen molar-refractivity contribution in [2.75, 3.05) is 13.7 Å². The van der Waals surface area contributed by atoms with E-state index in [9.17, 15) is 10.1 Å². The largest absolute Gasteiger partial charge is 0.490 e. The van der Waals surface area contributed by atoms with Gasteiger partial charge in [-0.15, -0.1) is 0 Å². The summed E-state index contributed by atoms with van der Waals surface area (Å²) in [6.07, 6.45) is 3.06. The van der Waals surface area contributed by atoms with E-state index in [1.54, 1.807) is 13.0 Å². The second kappa shape index (κ2) is 8.38. The van der Waals surface area contributed by atoms with Crippen LogP contribution in [-0.2, 0) is 6.42 Å². The van der Waals surface area contributed by atoms with Crippen molar-refractivity contribution >= 4 is 24.1 Å². The van der Waals surface area contributed by atoms with Crippen LogP contribution in [0.25, 0.3) is 0 Å². The normalized spacial score (nSPS) is 11.0. The standard InChI is InChI=1S/C15H19N5O4S/c1-4-6-13-17-18-15(25)19(13)16-9-10-7-11(20(21)22)14(23-3)12(8-10)24-5-2/h7-9H,4-6H2,1-3H3,(H,18,25)/b16-9-. The molecule has 0 amide bonds. The first-order valence-corrected chi connectivity index (χ1v) is 8.12. The summed E-state index contributed by atoms with van der Waals surface area (Å²) in [5.74, 6) is 1.05. The molecular formula is C15H19N5O4S. The van der Waals surface area contributed by atoms with Crippen molar-refractivity contribution in [3.63, 3.8) is 0 Å². The highest BCUT2D eigenvalue weighted by molar-refractivity contribution is 7.71. The molecule has 0 unspecified atom stereocenters. The zero-order valence-corrected chi connectivity index (χ0v) is 15.0. The van der Waals surface area contributed by atoms with Gasteiger partial charge in [-0.05, 0) is 31.6 Å². The van der Waals surface area contributed by atoms with Gasteiger partial charge < -0.3 is 9.47 Å². The molecule has 1 aromatic heterocycles. The van der Waals surface area contributed by atoms with E-state index in [1.165, 1.54) is 24.1 Å². The maximum Gasteiger partial charge on any atom is 0.315 e. The third-order valence-electron chi connectivity index (χ3n) is 3.27. The van der Waals surface area contributed by atoms with Gasteiger partial charge in [-0.25, -0.2) is 0 Å². The number of nitrogens with zero attached hydrogens (tertiary/aromatic N) is 4. The van der Waals surface area contributed by atoms with Crippen molar-refractivity contribution in [3.8, 4) is 11.5 Å². The van der Waals surface area contributed by atoms with Crippen molar-refractivity contribution in [1.82, 2.24) is 14.9 Å². The van der Waals surface area contributed by atoms with E-state index in [2.05, 4.69) is 15.3 Å². The summed E-state index contributed by atoms with van der Waals surface area (Å²) in [4.78, 5) is 10.8. The highest BCUT2D eigenvalue weighted by Gasteiger charge is 2.21. The Bertz CT molecular complexity index is 843. The molecule has 0 atom stereocenters. The number of aryl methyl sites for hydroxylation is 1. The van der Waals surface area contributed by atoms with Gasteiger partial charge in [-0.1, -0.05) is 6.92 Å². The number of hydrogen-bond donors (Lipinski definition) is 1. The molecule has 0 saturated heterocycles. The number of methoxy groups -OCH3 is 1. The van der Waals surface area contributed by atoms with Crippen LogP contribution in [-0.4, -0.2) is 39.7 Å². The maximum absolute atomic E-state index is 11.3. The van der Waals surface area contributed by atoms with Gasteiger partial charge in [0, 0.05) is 18.1 Å². The van der Waals surface area contributed by atoms with Crippen LogP contribution in [0, 0.1) is 14.9 Å². The third kappa shape index (κ3) is 4.21. The summed E-state index contributed by atoms with van der Waals surface area (Å²) in [5.41, 5.74) is 0.293. The highest BCUT2D eigenvalue weighted by atomic mass is 32.1. The number of hydrogen-bond acceptors (Lipinski definition) is 7. The fourth-order valence-electron chi connectivity index (χ4n) is 2.24. The lowest BCUT2D eigenvalue weighted by Gasteiger charge is -2.10. The van der Waals surface area contributed by atoms with Gasteiger partial charge in [-0.2, -0.15) is 14.9 Å². The van der Waals surface area contributed by atoms with Gasteiger partial charge in [0.15, 0.2) is 11.6 Å². The van der Waals surface area contributed by atoms with Gasteiger partial charge in [0.05, 0.1) is 24.9 Å². The lowest BCUT2D eigenvalue weighted by atomic mass is 10.2. The molecule has 0 radical (unpaired) electrons. The highest BCUT2D eigenvalue weighted by Crippen LogP contribution is 2.37. The van der Waals surface area contributed by atoms with Crippen molar-refractivity contribution in [2.24, 2.45) is 5.10 Å². The lowest BCUT2D eigenvalue weighted by molar-refractivity contribution is -0.385. The number of ether oxygens (including phenoxy) is 2. The van der Waals surface area contributed by atoms with Crippen LogP contribution in [0.3, 0.4) is 0 Å². The molecule has 2 aromatic rings. The van der Waals surface area contributed by atoms with Crippen LogP contribution in [0.2, 0.25) is 0 Å². The number of rotatable bonds is 8. The van der Waals surface area contributed by atoms with Crippen LogP contribution in [0.4, 0.5) is 5.69 Å². The van der Waals surface area contributed by atoms with Crippen LogP contribution < -0.4 is 9.47 Å². The smallest absolute Gasteiger partial charge is 0.315 e. The number of nitro groups is 1. The van der Waals surface area contributed by atoms with E-state index in [0.717, 1.165) is 6.42 Å². The average Bonchev–Trinajstić information content (AvgIpc) is 2.93. The maximum atomic E-state index is 11.3. The minimum Gasteiger partial charge on any atom is -0.490 e. The second-order valence-electron chi connectivity index (χ2n) is 5.01. The molecule has 0 aliphatic rings. The number of aromatic nitrogens is 3. The summed E-state index contributed by atoms with van der Waals surface area (Å²) in [7, 11) is 1.36. The fourth-order valence-corrected chi connectivity index (χ4v) is 2.44. The Morgan fingerprint density at radius 3 is 2.84 bits per heavy atom. The molecular weight excluding hydrogens is 346 g/mol. The van der Waals surface area contributed by atoms with Crippen LogP contribution in [0.15, 0.2) is 17.2 Å². The summed E-state index contributed by atoms with van der Waals surface area (Å²) >= 11 is 5.15. The quantitative estimate of drug-likeness (QED) is 0.333. The van der Waals surface area contributed by atoms with Crippen molar-refractivity contribution in [1.29, 1.82) is 0 Å². The molecule has 25 heavy (non-hydrogen) atoms. The van der Waals surface area contributed by atoms with Crippen LogP contribution in [0.5, 0.6) is 11.5 Å². The Balaban J connectivity index is 2.47. The second-order valence-corrected chi connectivity index (χ2v) is 5.40. The fraction of sp³-hybridized carbons (Fsp3) is 0.400. The van der Waals surface area contributed by atoms with Crippen molar-refractivity contribution in [2.45, 2.75) is 26.7 Å². The Labute approximate surface area is 149 Å². The SMILES string of the molecule is CCCc1n[nH]c(=S)n1/N=C\c1cc(OCC)c(OC)c([N+](=O)[O-])c1. The van der Waals surface area contributed by atoms with Gasteiger partial charge in [0.25, 0.3) is 0 Å². The summed E-state index contributed by atoms with van der Waals surface area (Å²) in [6.45, 7) is 4.16. The molecule has 0 saturated carbocycles. The van der Waals surface area contributed by atoms with E-state index in [-0.39, 0.29) is 17.2 Å². The zero-order chi connectivity index (χ0) is 18.4. The molecule has 134 valence electrons. The number of nitro benzene ring substituents is 1. The Kier molecular flexibility index (Phi) is 6.23. The average molecular weight is 365 g/mol. The molecule has 0 fully saturated rings. The number of aromatic amines is 1. The number of benzene rings is 1. The molecule has 2 rings (SSSR count). The molecule has 1 heterocycles. The minimum atomic E-state index is -0.523. The van der Waals surface area contributed by atoms with E-state index >= 15 is 0 Å². The van der Waals surface area contributed by atoms with E-state index < -0.39 is 4.92 Å². The summed E-state index contributed by atoms with van der Waals surface area (Å²) in [6, 6.07) is 3.00. The molecule has 1 aromatic carbocycles. The monoisotopic (exact) mass is 365 g/mol. The lowest BCUT2D eigenvalue weighted by Crippen LogP contribution is -2.02. The minimum absolute atomic E-state index is 0.0793. The first kappa shape index (κ1) is 18.6. The molecule has 0 aliphatic heterocycles. The molecule has 10 heteroatoms.